The van der Waals surface area contributed by atoms with Gasteiger partial charge in [0.1, 0.15) is 0 Å². The van der Waals surface area contributed by atoms with Crippen LogP contribution in [0.4, 0.5) is 0 Å². The van der Waals surface area contributed by atoms with Gasteiger partial charge in [-0.25, -0.2) is 12.1 Å². The van der Waals surface area contributed by atoms with E-state index in [-0.39, 0.29) is 0 Å². The number of rotatable bonds is 1. The van der Waals surface area contributed by atoms with Gasteiger partial charge in [0.2, 0.25) is 0 Å². The summed E-state index contributed by atoms with van der Waals surface area (Å²) in [6, 6.07) is 10.0. The molecular weight excluding hydrogens is 215 g/mol. The molecule has 0 unspecified atom stereocenters. The fraction of sp³-hybridized carbons (Fsp3) is 0.222. The molecule has 1 aromatic carbocycles. The normalized spacial score (nSPS) is 7.90. The summed E-state index contributed by atoms with van der Waals surface area (Å²) < 4.78 is 0. The fourth-order valence-electron chi connectivity index (χ4n) is 0.321. The molecule has 0 saturated carbocycles. The van der Waals surface area contributed by atoms with E-state index in [1.807, 2.05) is 37.3 Å². The van der Waals surface area contributed by atoms with Crippen LogP contribution in [0, 0.1) is 0 Å². The summed E-state index contributed by atoms with van der Waals surface area (Å²) in [6.45, 7) is 5.63. The Balaban J connectivity index is 0.000000162. The summed E-state index contributed by atoms with van der Waals surface area (Å²) in [6.07, 6.45) is 0. The van der Waals surface area contributed by atoms with Crippen LogP contribution >= 0.6 is 0 Å². The molecule has 0 nitrogen and oxygen atoms in total. The van der Waals surface area contributed by atoms with Crippen molar-refractivity contribution in [3.8, 4) is 0 Å². The maximum absolute atomic E-state index is 3.64. The second-order valence-electron chi connectivity index (χ2n) is 2.03. The predicted molar refractivity (Wildman–Crippen MR) is 41.7 cm³/mol. The van der Waals surface area contributed by atoms with E-state index in [0.717, 1.165) is 4.89 Å². The first-order valence-electron chi connectivity index (χ1n) is 3.10. The second-order valence-corrected chi connectivity index (χ2v) is 2.58. The van der Waals surface area contributed by atoms with Gasteiger partial charge in [-0.2, -0.15) is 18.2 Å². The molecule has 0 heterocycles. The minimum Gasteiger partial charge on any atom is -0.214 e. The monoisotopic (exact) mass is 226 g/mol. The molecule has 0 aliphatic carbocycles. The summed E-state index contributed by atoms with van der Waals surface area (Å²) in [5, 5.41) is 0. The topological polar surface area (TPSA) is 0 Å². The number of hydrogen-bond donors (Lipinski definition) is 0. The molecule has 0 amide bonds. The molecule has 0 aliphatic heterocycles. The van der Waals surface area contributed by atoms with Crippen LogP contribution in [0.1, 0.15) is 6.92 Å². The Kier molecular flexibility index (Phi) is 6.70. The first-order valence-corrected chi connectivity index (χ1v) is 4.20. The van der Waals surface area contributed by atoms with Gasteiger partial charge in [0.15, 0.2) is 0 Å². The van der Waals surface area contributed by atoms with E-state index in [2.05, 4.69) is 25.8 Å². The van der Waals surface area contributed by atoms with Gasteiger partial charge in [-0.3, -0.25) is 0 Å². The Morgan fingerprint density at radius 2 is 1.90 bits per heavy atom. The van der Waals surface area contributed by atoms with Gasteiger partial charge in [-0.05, 0) is 0 Å². The van der Waals surface area contributed by atoms with Crippen LogP contribution in [0.15, 0.2) is 42.5 Å². The fourth-order valence-corrected chi connectivity index (χ4v) is 0.321. The molecule has 1 heteroatoms. The zero-order valence-electron chi connectivity index (χ0n) is 6.12. The van der Waals surface area contributed by atoms with Crippen molar-refractivity contribution in [3.05, 3.63) is 42.5 Å². The summed E-state index contributed by atoms with van der Waals surface area (Å²) in [5.74, 6) is 0. The molecule has 0 aliphatic rings. The first-order chi connectivity index (χ1) is 4.77. The first kappa shape index (κ1) is 9.75. The van der Waals surface area contributed by atoms with E-state index in [1.165, 1.54) is 5.57 Å². The molecule has 10 heavy (non-hydrogen) atoms. The SMILES string of the molecule is C=C(C)[CH2][Pd+].c1cc[cH-]c1. The Hall–Kier alpha value is -0.248. The predicted octanol–water partition coefficient (Wildman–Crippen LogP) is 2.93. The summed E-state index contributed by atoms with van der Waals surface area (Å²) in [5.41, 5.74) is 1.19. The van der Waals surface area contributed by atoms with Crippen LogP contribution in [0.2, 0.25) is 4.89 Å². The smallest absolute Gasteiger partial charge is 0.172 e. The summed E-state index contributed by atoms with van der Waals surface area (Å²) in [7, 11) is 0. The third-order valence-corrected chi connectivity index (χ3v) is 1.68. The molecule has 0 fully saturated rings. The van der Waals surface area contributed by atoms with Crippen LogP contribution < -0.4 is 0 Å². The minimum absolute atomic E-state index is 0.961. The molecule has 0 radical (unpaired) electrons. The Bertz CT molecular complexity index is 134. The van der Waals surface area contributed by atoms with E-state index in [0.29, 0.717) is 0 Å². The van der Waals surface area contributed by atoms with Gasteiger partial charge in [-0.15, -0.1) is 0 Å². The van der Waals surface area contributed by atoms with Gasteiger partial charge >= 0.3 is 43.2 Å². The van der Waals surface area contributed by atoms with Gasteiger partial charge in [0.25, 0.3) is 0 Å². The molecule has 1 rings (SSSR count). The molecular formula is C9H12Pd. The van der Waals surface area contributed by atoms with Gasteiger partial charge < -0.3 is 0 Å². The Morgan fingerprint density at radius 1 is 1.50 bits per heavy atom. The van der Waals surface area contributed by atoms with Crippen molar-refractivity contribution < 1.29 is 19.2 Å². The van der Waals surface area contributed by atoms with E-state index in [1.54, 1.807) is 0 Å². The van der Waals surface area contributed by atoms with Crippen molar-refractivity contribution >= 4 is 0 Å². The Labute approximate surface area is 73.7 Å². The molecule has 58 valence electrons. The van der Waals surface area contributed by atoms with Crippen LogP contribution in [0.25, 0.3) is 0 Å². The third kappa shape index (κ3) is 7.75. The molecule has 0 bridgehead atoms. The summed E-state index contributed by atoms with van der Waals surface area (Å²) in [4.78, 5) is 0.961. The van der Waals surface area contributed by atoms with E-state index >= 15 is 0 Å². The van der Waals surface area contributed by atoms with E-state index in [9.17, 15) is 0 Å². The maximum atomic E-state index is 3.64. The zero-order valence-corrected chi connectivity index (χ0v) is 7.67. The Morgan fingerprint density at radius 3 is 2.00 bits per heavy atom. The quantitative estimate of drug-likeness (QED) is 0.392. The van der Waals surface area contributed by atoms with E-state index < -0.39 is 0 Å². The van der Waals surface area contributed by atoms with Crippen molar-refractivity contribution in [1.29, 1.82) is 0 Å². The maximum Gasteiger partial charge on any atom is -0.172 e. The van der Waals surface area contributed by atoms with Gasteiger partial charge in [0.05, 0.1) is 0 Å². The molecule has 0 spiro atoms. The van der Waals surface area contributed by atoms with Crippen LogP contribution in [-0.4, -0.2) is 0 Å². The van der Waals surface area contributed by atoms with Crippen LogP contribution in [-0.2, 0) is 19.2 Å². The average molecular weight is 227 g/mol. The van der Waals surface area contributed by atoms with E-state index in [4.69, 9.17) is 0 Å². The molecule has 0 saturated heterocycles. The number of hydrogen-bond acceptors (Lipinski definition) is 0. The molecule has 1 aromatic rings. The van der Waals surface area contributed by atoms with Crippen molar-refractivity contribution in [2.24, 2.45) is 0 Å². The molecule has 0 N–H and O–H groups in total. The van der Waals surface area contributed by atoms with Crippen molar-refractivity contribution in [2.75, 3.05) is 0 Å². The number of allylic oxidation sites excluding steroid dienone is 1. The van der Waals surface area contributed by atoms with Crippen molar-refractivity contribution in [1.82, 2.24) is 0 Å². The van der Waals surface area contributed by atoms with Crippen LogP contribution in [0.5, 0.6) is 0 Å². The second kappa shape index (κ2) is 6.87. The largest absolute Gasteiger partial charge is 0.214 e. The van der Waals surface area contributed by atoms with Gasteiger partial charge in [0, 0.05) is 0 Å². The van der Waals surface area contributed by atoms with Crippen molar-refractivity contribution in [2.45, 2.75) is 11.8 Å². The summed E-state index contributed by atoms with van der Waals surface area (Å²) >= 11 is 2.99. The average Bonchev–Trinajstić information content (AvgIpc) is 2.43. The zero-order chi connectivity index (χ0) is 7.82. The molecule has 0 aromatic heterocycles. The standard InChI is InChI=1S/C5H5.C4H7.Pd/c1-2-4-5-3-1;1-4(2)3;/h1-5H;1-2H2,3H3;/q-1;;+1. The van der Waals surface area contributed by atoms with Crippen LogP contribution in [0.3, 0.4) is 0 Å². The molecule has 0 atom stereocenters. The minimum atomic E-state index is 0.961. The van der Waals surface area contributed by atoms with Gasteiger partial charge in [-0.1, -0.05) is 0 Å². The third-order valence-electron chi connectivity index (χ3n) is 0.746. The van der Waals surface area contributed by atoms with Crippen molar-refractivity contribution in [3.63, 3.8) is 0 Å².